The van der Waals surface area contributed by atoms with E-state index in [1.165, 1.54) is 18.2 Å². The molecule has 0 saturated carbocycles. The summed E-state index contributed by atoms with van der Waals surface area (Å²) < 4.78 is 0. The molecule has 34 heavy (non-hydrogen) atoms. The van der Waals surface area contributed by atoms with Crippen LogP contribution in [0.15, 0.2) is 74.7 Å². The van der Waals surface area contributed by atoms with E-state index in [0.717, 1.165) is 40.9 Å². The molecule has 2 aliphatic heterocycles. The van der Waals surface area contributed by atoms with E-state index in [9.17, 15) is 4.79 Å². The summed E-state index contributed by atoms with van der Waals surface area (Å²) in [6.07, 6.45) is 2.16. The molecule has 2 aromatic carbocycles. The van der Waals surface area contributed by atoms with E-state index in [2.05, 4.69) is 25.4 Å². The first-order valence-corrected chi connectivity index (χ1v) is 12.3. The average molecular weight is 491 g/mol. The van der Waals surface area contributed by atoms with Gasteiger partial charge in [-0.3, -0.25) is 10.2 Å². The lowest BCUT2D eigenvalue weighted by atomic mass is 10.0. The largest absolute Gasteiger partial charge is 0.356 e. The van der Waals surface area contributed by atoms with Crippen molar-refractivity contribution in [3.05, 3.63) is 70.7 Å². The minimum absolute atomic E-state index is 0.0000718. The summed E-state index contributed by atoms with van der Waals surface area (Å²) in [5, 5.41) is 5.30. The van der Waals surface area contributed by atoms with Crippen LogP contribution < -0.4 is 10.3 Å². The first kappa shape index (κ1) is 22.6. The van der Waals surface area contributed by atoms with Crippen molar-refractivity contribution in [2.45, 2.75) is 36.2 Å². The number of anilines is 1. The monoisotopic (exact) mass is 490 g/mol. The van der Waals surface area contributed by atoms with Crippen LogP contribution >= 0.6 is 23.4 Å². The number of benzene rings is 2. The normalized spacial score (nSPS) is 16.2. The van der Waals surface area contributed by atoms with Crippen molar-refractivity contribution in [2.24, 2.45) is 10.1 Å². The first-order chi connectivity index (χ1) is 16.5. The van der Waals surface area contributed by atoms with Gasteiger partial charge in [0.25, 0.3) is 0 Å². The molecular weight excluding hydrogens is 468 g/mol. The highest BCUT2D eigenvalue weighted by molar-refractivity contribution is 7.99. The number of aliphatic imine (C=N–C) groups is 1. The van der Waals surface area contributed by atoms with E-state index in [0.29, 0.717) is 34.4 Å². The summed E-state index contributed by atoms with van der Waals surface area (Å²) in [5.41, 5.74) is 5.43. The number of hydrogen-bond donors (Lipinski definition) is 1. The van der Waals surface area contributed by atoms with Gasteiger partial charge in [-0.1, -0.05) is 35.9 Å². The fraction of sp³-hybridized carbons (Fsp3) is 0.240. The Balaban J connectivity index is 1.32. The van der Waals surface area contributed by atoms with Crippen LogP contribution in [0, 0.1) is 0 Å². The number of halogens is 1. The Morgan fingerprint density at radius 2 is 1.94 bits per heavy atom. The number of rotatable bonds is 7. The van der Waals surface area contributed by atoms with Crippen LogP contribution in [0.25, 0.3) is 0 Å². The Bertz CT molecular complexity index is 1290. The number of nitrogens with zero attached hydrogens (tertiary/aromatic N) is 5. The molecule has 0 radical (unpaired) electrons. The summed E-state index contributed by atoms with van der Waals surface area (Å²) in [4.78, 5) is 29.9. The minimum Gasteiger partial charge on any atom is -0.356 e. The number of Topliss-reactive ketones (excluding diaryl/α,β-unsaturated/α-hetero) is 1. The molecule has 0 bridgehead atoms. The molecule has 0 unspecified atom stereocenters. The van der Waals surface area contributed by atoms with Crippen molar-refractivity contribution in [1.29, 1.82) is 0 Å². The molecule has 1 fully saturated rings. The lowest BCUT2D eigenvalue weighted by Gasteiger charge is -2.32. The molecule has 5 rings (SSSR count). The quantitative estimate of drug-likeness (QED) is 0.356. The van der Waals surface area contributed by atoms with Crippen LogP contribution in [0.2, 0.25) is 5.02 Å². The lowest BCUT2D eigenvalue weighted by Crippen LogP contribution is -2.37. The molecule has 9 heteroatoms. The topological polar surface area (TPSA) is 82.8 Å². The van der Waals surface area contributed by atoms with E-state index in [4.69, 9.17) is 16.6 Å². The Morgan fingerprint density at radius 1 is 1.15 bits per heavy atom. The maximum absolute atomic E-state index is 12.6. The van der Waals surface area contributed by atoms with Gasteiger partial charge in [-0.25, -0.2) is 15.0 Å². The second kappa shape index (κ2) is 9.95. The van der Waals surface area contributed by atoms with Crippen molar-refractivity contribution in [3.8, 4) is 0 Å². The van der Waals surface area contributed by atoms with E-state index >= 15 is 0 Å². The zero-order valence-electron chi connectivity index (χ0n) is 18.7. The van der Waals surface area contributed by atoms with E-state index in [1.807, 2.05) is 49.4 Å². The van der Waals surface area contributed by atoms with Gasteiger partial charge < -0.3 is 4.90 Å². The van der Waals surface area contributed by atoms with Gasteiger partial charge in [-0.05, 0) is 54.9 Å². The van der Waals surface area contributed by atoms with Gasteiger partial charge in [0.2, 0.25) is 0 Å². The number of carbonyl (C=O) groups excluding carboxylic acids is 1. The molecule has 172 valence electrons. The van der Waals surface area contributed by atoms with Crippen LogP contribution in [-0.4, -0.2) is 40.4 Å². The SMILES string of the molecule is CC1=NNC(=Nc2cc(N3CCC3)nc(Sc3ccc(CC(=O)c4ccccc4Cl)cc3)n2)C1. The number of nitrogens with one attached hydrogen (secondary N) is 1. The molecule has 3 aromatic rings. The number of amidine groups is 1. The standard InChI is InChI=1S/C25H23ClN6OS/c1-16-13-23(31-30-16)27-22-15-24(32-11-4-12-32)29-25(28-22)34-18-9-7-17(8-10-18)14-21(33)19-5-2-3-6-20(19)26/h2-3,5-10,15H,4,11-14H2,1H3,(H,27,28,29,31). The summed E-state index contributed by atoms with van der Waals surface area (Å²) in [6, 6.07) is 17.0. The van der Waals surface area contributed by atoms with Gasteiger partial charge >= 0.3 is 0 Å². The van der Waals surface area contributed by atoms with Gasteiger partial charge in [0.15, 0.2) is 16.8 Å². The summed E-state index contributed by atoms with van der Waals surface area (Å²) in [5.74, 6) is 2.30. The molecule has 7 nitrogen and oxygen atoms in total. The fourth-order valence-electron chi connectivity index (χ4n) is 3.64. The van der Waals surface area contributed by atoms with Crippen molar-refractivity contribution < 1.29 is 4.79 Å². The van der Waals surface area contributed by atoms with E-state index in [1.54, 1.807) is 12.1 Å². The summed E-state index contributed by atoms with van der Waals surface area (Å²) in [7, 11) is 0. The van der Waals surface area contributed by atoms with Crippen molar-refractivity contribution in [3.63, 3.8) is 0 Å². The van der Waals surface area contributed by atoms with Crippen molar-refractivity contribution >= 4 is 52.3 Å². The predicted molar refractivity (Wildman–Crippen MR) is 137 cm³/mol. The molecule has 1 N–H and O–H groups in total. The number of hydrazone groups is 1. The highest BCUT2D eigenvalue weighted by atomic mass is 35.5. The molecule has 0 spiro atoms. The second-order valence-electron chi connectivity index (χ2n) is 8.23. The second-order valence-corrected chi connectivity index (χ2v) is 9.68. The van der Waals surface area contributed by atoms with Crippen molar-refractivity contribution in [1.82, 2.24) is 15.4 Å². The highest BCUT2D eigenvalue weighted by Gasteiger charge is 2.19. The van der Waals surface area contributed by atoms with Gasteiger partial charge in [-0.15, -0.1) is 0 Å². The zero-order chi connectivity index (χ0) is 23.5. The summed E-state index contributed by atoms with van der Waals surface area (Å²) in [6.45, 7) is 3.95. The maximum atomic E-state index is 12.6. The molecule has 1 aromatic heterocycles. The Labute approximate surface area is 207 Å². The van der Waals surface area contributed by atoms with Gasteiger partial charge in [-0.2, -0.15) is 5.10 Å². The van der Waals surface area contributed by atoms with Gasteiger partial charge in [0.05, 0.1) is 5.02 Å². The number of aromatic nitrogens is 2. The molecule has 0 aliphatic carbocycles. The number of ketones is 1. The van der Waals surface area contributed by atoms with Gasteiger partial charge in [0.1, 0.15) is 11.7 Å². The third-order valence-corrected chi connectivity index (χ3v) is 6.78. The molecule has 0 amide bonds. The maximum Gasteiger partial charge on any atom is 0.196 e. The average Bonchev–Trinajstić information content (AvgIpc) is 3.18. The van der Waals surface area contributed by atoms with Crippen LogP contribution in [0.1, 0.15) is 35.7 Å². The predicted octanol–water partition coefficient (Wildman–Crippen LogP) is 5.32. The number of carbonyl (C=O) groups is 1. The minimum atomic E-state index is 0.0000718. The fourth-order valence-corrected chi connectivity index (χ4v) is 4.65. The van der Waals surface area contributed by atoms with E-state index < -0.39 is 0 Å². The molecule has 3 heterocycles. The Hall–Kier alpha value is -3.23. The third kappa shape index (κ3) is 5.29. The first-order valence-electron chi connectivity index (χ1n) is 11.1. The third-order valence-electron chi connectivity index (χ3n) is 5.58. The molecule has 0 atom stereocenters. The van der Waals surface area contributed by atoms with Crippen LogP contribution in [-0.2, 0) is 6.42 Å². The van der Waals surface area contributed by atoms with Crippen LogP contribution in [0.5, 0.6) is 0 Å². The molecular formula is C25H23ClN6OS. The summed E-state index contributed by atoms with van der Waals surface area (Å²) >= 11 is 7.64. The van der Waals surface area contributed by atoms with Crippen LogP contribution in [0.4, 0.5) is 11.6 Å². The zero-order valence-corrected chi connectivity index (χ0v) is 20.2. The highest BCUT2D eigenvalue weighted by Crippen LogP contribution is 2.31. The molecule has 2 aliphatic rings. The lowest BCUT2D eigenvalue weighted by molar-refractivity contribution is 0.0993. The van der Waals surface area contributed by atoms with Gasteiger partial charge in [0, 0.05) is 48.2 Å². The Morgan fingerprint density at radius 3 is 2.62 bits per heavy atom. The molecule has 1 saturated heterocycles. The van der Waals surface area contributed by atoms with Crippen LogP contribution in [0.3, 0.4) is 0 Å². The smallest absolute Gasteiger partial charge is 0.196 e. The number of hydrogen-bond acceptors (Lipinski definition) is 7. The Kier molecular flexibility index (Phi) is 6.60. The van der Waals surface area contributed by atoms with Crippen molar-refractivity contribution in [2.75, 3.05) is 18.0 Å². The van der Waals surface area contributed by atoms with E-state index in [-0.39, 0.29) is 5.78 Å².